The van der Waals surface area contributed by atoms with Crippen molar-refractivity contribution >= 4 is 45.0 Å². The Kier molecular flexibility index (Phi) is 5.50. The molecule has 28 heavy (non-hydrogen) atoms. The van der Waals surface area contributed by atoms with E-state index in [0.29, 0.717) is 5.13 Å². The monoisotopic (exact) mass is 408 g/mol. The topological polar surface area (TPSA) is 77.0 Å². The Bertz CT molecular complexity index is 1110. The van der Waals surface area contributed by atoms with Crippen molar-refractivity contribution in [3.63, 3.8) is 0 Å². The van der Waals surface area contributed by atoms with Crippen LogP contribution in [0.3, 0.4) is 0 Å². The fourth-order valence-corrected chi connectivity index (χ4v) is 4.14. The molecule has 0 bridgehead atoms. The Balaban J connectivity index is 1.39. The number of carbonyl (C=O) groups excluding carboxylic acids is 1. The molecule has 140 valence electrons. The molecule has 0 radical (unpaired) electrons. The molecular formula is C20H16N4O2S2. The van der Waals surface area contributed by atoms with E-state index in [0.717, 1.165) is 32.9 Å². The van der Waals surface area contributed by atoms with Crippen molar-refractivity contribution in [2.24, 2.45) is 0 Å². The van der Waals surface area contributed by atoms with Gasteiger partial charge in [0.1, 0.15) is 17.1 Å². The predicted molar refractivity (Wildman–Crippen MR) is 113 cm³/mol. The van der Waals surface area contributed by atoms with Gasteiger partial charge >= 0.3 is 0 Å². The SMILES string of the molecule is COc1ccc(-c2csc(NC(=O)CSc3ncnc4ccccc34)n2)cc1. The van der Waals surface area contributed by atoms with Crippen LogP contribution in [0.2, 0.25) is 0 Å². The molecule has 2 aromatic heterocycles. The van der Waals surface area contributed by atoms with Crippen molar-refractivity contribution < 1.29 is 9.53 Å². The molecule has 1 amide bonds. The van der Waals surface area contributed by atoms with Crippen LogP contribution < -0.4 is 10.1 Å². The van der Waals surface area contributed by atoms with Gasteiger partial charge in [-0.05, 0) is 30.3 Å². The third-order valence-electron chi connectivity index (χ3n) is 3.98. The van der Waals surface area contributed by atoms with E-state index in [4.69, 9.17) is 4.74 Å². The summed E-state index contributed by atoms with van der Waals surface area (Å²) in [5, 5.41) is 7.08. The Morgan fingerprint density at radius 3 is 2.79 bits per heavy atom. The number of hydrogen-bond acceptors (Lipinski definition) is 7. The van der Waals surface area contributed by atoms with Crippen LogP contribution in [0.5, 0.6) is 5.75 Å². The van der Waals surface area contributed by atoms with Crippen LogP contribution in [0, 0.1) is 0 Å². The highest BCUT2D eigenvalue weighted by Crippen LogP contribution is 2.27. The smallest absolute Gasteiger partial charge is 0.236 e. The number of thiazole rings is 1. The maximum Gasteiger partial charge on any atom is 0.236 e. The van der Waals surface area contributed by atoms with Crippen LogP contribution in [0.25, 0.3) is 22.2 Å². The lowest BCUT2D eigenvalue weighted by atomic mass is 10.2. The third-order valence-corrected chi connectivity index (χ3v) is 5.75. The normalized spacial score (nSPS) is 10.8. The van der Waals surface area contributed by atoms with E-state index < -0.39 is 0 Å². The average molecular weight is 409 g/mol. The van der Waals surface area contributed by atoms with Crippen LogP contribution >= 0.6 is 23.1 Å². The number of thioether (sulfide) groups is 1. The first-order valence-electron chi connectivity index (χ1n) is 8.45. The minimum atomic E-state index is -0.122. The number of hydrogen-bond donors (Lipinski definition) is 1. The van der Waals surface area contributed by atoms with Crippen LogP contribution in [-0.2, 0) is 4.79 Å². The number of nitrogens with zero attached hydrogens (tertiary/aromatic N) is 3. The number of aromatic nitrogens is 3. The van der Waals surface area contributed by atoms with E-state index in [1.165, 1.54) is 29.4 Å². The number of carbonyl (C=O) groups is 1. The van der Waals surface area contributed by atoms with Crippen molar-refractivity contribution in [1.29, 1.82) is 0 Å². The van der Waals surface area contributed by atoms with Gasteiger partial charge in [0.05, 0.1) is 24.1 Å². The minimum absolute atomic E-state index is 0.122. The lowest BCUT2D eigenvalue weighted by Crippen LogP contribution is -2.14. The van der Waals surface area contributed by atoms with Gasteiger partial charge in [-0.1, -0.05) is 30.0 Å². The molecule has 0 saturated heterocycles. The lowest BCUT2D eigenvalue weighted by molar-refractivity contribution is -0.113. The first-order valence-corrected chi connectivity index (χ1v) is 10.3. The molecular weight excluding hydrogens is 392 g/mol. The van der Waals surface area contributed by atoms with Gasteiger partial charge in [0.15, 0.2) is 5.13 Å². The molecule has 1 N–H and O–H groups in total. The Hall–Kier alpha value is -2.97. The first kappa shape index (κ1) is 18.4. The minimum Gasteiger partial charge on any atom is -0.497 e. The zero-order valence-corrected chi connectivity index (χ0v) is 16.6. The maximum absolute atomic E-state index is 12.3. The van der Waals surface area contributed by atoms with Gasteiger partial charge in [-0.25, -0.2) is 15.0 Å². The molecule has 0 aliphatic rings. The highest BCUT2D eigenvalue weighted by atomic mass is 32.2. The molecule has 0 spiro atoms. The van der Waals surface area contributed by atoms with Gasteiger partial charge in [0.2, 0.25) is 5.91 Å². The molecule has 0 atom stereocenters. The fraction of sp³-hybridized carbons (Fsp3) is 0.100. The highest BCUT2D eigenvalue weighted by Gasteiger charge is 2.11. The Labute approximate surface area is 170 Å². The van der Waals surface area contributed by atoms with Gasteiger partial charge in [0, 0.05) is 16.3 Å². The summed E-state index contributed by atoms with van der Waals surface area (Å²) < 4.78 is 5.17. The molecule has 2 heterocycles. The second-order valence-electron chi connectivity index (χ2n) is 5.80. The third kappa shape index (κ3) is 4.13. The summed E-state index contributed by atoms with van der Waals surface area (Å²) in [7, 11) is 1.63. The number of para-hydroxylation sites is 1. The maximum atomic E-state index is 12.3. The van der Waals surface area contributed by atoms with Crippen molar-refractivity contribution in [3.8, 4) is 17.0 Å². The Morgan fingerprint density at radius 1 is 1.14 bits per heavy atom. The molecule has 0 saturated carbocycles. The number of anilines is 1. The van der Waals surface area contributed by atoms with Gasteiger partial charge in [-0.2, -0.15) is 0 Å². The summed E-state index contributed by atoms with van der Waals surface area (Å²) >= 11 is 2.78. The first-order chi connectivity index (χ1) is 13.7. The van der Waals surface area contributed by atoms with Gasteiger partial charge in [-0.3, -0.25) is 4.79 Å². The largest absolute Gasteiger partial charge is 0.497 e. The van der Waals surface area contributed by atoms with Crippen LogP contribution in [0.1, 0.15) is 0 Å². The summed E-state index contributed by atoms with van der Waals surface area (Å²) in [6.07, 6.45) is 1.52. The number of fused-ring (bicyclic) bond motifs is 1. The van der Waals surface area contributed by atoms with Crippen LogP contribution in [-0.4, -0.2) is 33.7 Å². The predicted octanol–water partition coefficient (Wildman–Crippen LogP) is 4.49. The molecule has 6 nitrogen and oxygen atoms in total. The van der Waals surface area contributed by atoms with E-state index in [9.17, 15) is 4.79 Å². The van der Waals surface area contributed by atoms with Gasteiger partial charge in [0.25, 0.3) is 0 Å². The summed E-state index contributed by atoms with van der Waals surface area (Å²) in [6.45, 7) is 0. The quantitative estimate of drug-likeness (QED) is 0.374. The van der Waals surface area contributed by atoms with Crippen molar-refractivity contribution in [2.45, 2.75) is 5.03 Å². The zero-order chi connectivity index (χ0) is 19.3. The molecule has 4 aromatic rings. The van der Waals surface area contributed by atoms with Gasteiger partial charge in [-0.15, -0.1) is 11.3 Å². The van der Waals surface area contributed by atoms with Crippen molar-refractivity contribution in [2.75, 3.05) is 18.2 Å². The average Bonchev–Trinajstić information content (AvgIpc) is 3.20. The van der Waals surface area contributed by atoms with E-state index in [-0.39, 0.29) is 11.7 Å². The second-order valence-corrected chi connectivity index (χ2v) is 7.62. The number of amides is 1. The molecule has 0 aliphatic heterocycles. The molecule has 0 aliphatic carbocycles. The van der Waals surface area contributed by atoms with Crippen LogP contribution in [0.4, 0.5) is 5.13 Å². The Morgan fingerprint density at radius 2 is 1.96 bits per heavy atom. The molecule has 4 rings (SSSR count). The standard InChI is InChI=1S/C20H16N4O2S2/c1-26-14-8-6-13(7-9-14)17-10-28-20(23-17)24-18(25)11-27-19-15-4-2-3-5-16(15)21-12-22-19/h2-10,12H,11H2,1H3,(H,23,24,25). The van der Waals surface area contributed by atoms with Crippen molar-refractivity contribution in [1.82, 2.24) is 15.0 Å². The van der Waals surface area contributed by atoms with E-state index in [1.54, 1.807) is 7.11 Å². The second kappa shape index (κ2) is 8.37. The number of rotatable bonds is 6. The zero-order valence-electron chi connectivity index (χ0n) is 15.0. The molecule has 0 fully saturated rings. The summed E-state index contributed by atoms with van der Waals surface area (Å²) in [5.74, 6) is 0.920. The fourth-order valence-electron chi connectivity index (χ4n) is 2.61. The number of benzene rings is 2. The highest BCUT2D eigenvalue weighted by molar-refractivity contribution is 8.00. The molecule has 0 unspecified atom stereocenters. The van der Waals surface area contributed by atoms with E-state index >= 15 is 0 Å². The number of nitrogens with one attached hydrogen (secondary N) is 1. The number of ether oxygens (including phenoxy) is 1. The lowest BCUT2D eigenvalue weighted by Gasteiger charge is -2.04. The molecule has 8 heteroatoms. The molecule has 2 aromatic carbocycles. The number of methoxy groups -OCH3 is 1. The van der Waals surface area contributed by atoms with E-state index in [1.807, 2.05) is 53.9 Å². The summed E-state index contributed by atoms with van der Waals surface area (Å²) in [6, 6.07) is 15.4. The van der Waals surface area contributed by atoms with Crippen LogP contribution in [0.15, 0.2) is 65.3 Å². The summed E-state index contributed by atoms with van der Waals surface area (Å²) in [5.41, 5.74) is 2.65. The van der Waals surface area contributed by atoms with Gasteiger partial charge < -0.3 is 10.1 Å². The van der Waals surface area contributed by atoms with E-state index in [2.05, 4.69) is 20.3 Å². The van der Waals surface area contributed by atoms with Crippen molar-refractivity contribution in [3.05, 3.63) is 60.2 Å². The summed E-state index contributed by atoms with van der Waals surface area (Å²) in [4.78, 5) is 25.3.